The summed E-state index contributed by atoms with van der Waals surface area (Å²) in [5.41, 5.74) is 2.99. The first-order valence-electron chi connectivity index (χ1n) is 8.94. The Labute approximate surface area is 152 Å². The molecule has 0 saturated heterocycles. The highest BCUT2D eigenvalue weighted by molar-refractivity contribution is 6.03. The minimum absolute atomic E-state index is 0.279. The lowest BCUT2D eigenvalue weighted by molar-refractivity contribution is 0.102. The van der Waals surface area contributed by atoms with Crippen LogP contribution in [0.15, 0.2) is 42.0 Å². The fourth-order valence-corrected chi connectivity index (χ4v) is 2.96. The van der Waals surface area contributed by atoms with Gasteiger partial charge in [0.05, 0.1) is 0 Å². The maximum atomic E-state index is 13.0. The summed E-state index contributed by atoms with van der Waals surface area (Å²) in [6, 6.07) is 7.26. The van der Waals surface area contributed by atoms with Crippen molar-refractivity contribution >= 4 is 17.5 Å². The van der Waals surface area contributed by atoms with Gasteiger partial charge in [0.15, 0.2) is 0 Å². The van der Waals surface area contributed by atoms with Crippen molar-refractivity contribution in [2.45, 2.75) is 39.0 Å². The number of hydrogen-bond acceptors (Lipinski definition) is 4. The molecule has 1 aliphatic carbocycles. The van der Waals surface area contributed by atoms with E-state index in [0.29, 0.717) is 17.3 Å². The Kier molecular flexibility index (Phi) is 5.94. The van der Waals surface area contributed by atoms with Gasteiger partial charge in [-0.1, -0.05) is 11.6 Å². The number of carbonyl (C=O) groups is 1. The van der Waals surface area contributed by atoms with E-state index in [1.165, 1.54) is 55.5 Å². The second-order valence-corrected chi connectivity index (χ2v) is 6.46. The summed E-state index contributed by atoms with van der Waals surface area (Å²) in [5.74, 6) is -0.244. The Balaban J connectivity index is 1.61. The van der Waals surface area contributed by atoms with Crippen LogP contribution in [0, 0.1) is 12.7 Å². The van der Waals surface area contributed by atoms with Crippen molar-refractivity contribution in [2.75, 3.05) is 17.2 Å². The van der Waals surface area contributed by atoms with Gasteiger partial charge in [0.25, 0.3) is 5.91 Å². The number of rotatable bonds is 6. The van der Waals surface area contributed by atoms with Crippen LogP contribution in [0.5, 0.6) is 0 Å². The first-order chi connectivity index (χ1) is 12.6. The summed E-state index contributed by atoms with van der Waals surface area (Å²) in [6.07, 6.45) is 8.18. The first-order valence-corrected chi connectivity index (χ1v) is 8.94. The maximum absolute atomic E-state index is 13.0. The van der Waals surface area contributed by atoms with Gasteiger partial charge in [-0.25, -0.2) is 14.4 Å². The minimum Gasteiger partial charge on any atom is -0.354 e. The molecule has 0 aliphatic heterocycles. The monoisotopic (exact) mass is 354 g/mol. The smallest absolute Gasteiger partial charge is 0.274 e. The molecule has 2 N–H and O–H groups in total. The molecule has 1 aliphatic rings. The second kappa shape index (κ2) is 8.56. The van der Waals surface area contributed by atoms with E-state index in [-0.39, 0.29) is 17.4 Å². The van der Waals surface area contributed by atoms with Gasteiger partial charge in [-0.15, -0.1) is 0 Å². The van der Waals surface area contributed by atoms with Crippen molar-refractivity contribution < 1.29 is 9.18 Å². The normalized spacial score (nSPS) is 13.8. The Hall–Kier alpha value is -2.76. The fourth-order valence-electron chi connectivity index (χ4n) is 2.96. The average molecular weight is 354 g/mol. The highest BCUT2D eigenvalue weighted by Crippen LogP contribution is 2.20. The molecular formula is C20H23FN4O. The third-order valence-electron chi connectivity index (χ3n) is 4.30. The predicted molar refractivity (Wildman–Crippen MR) is 101 cm³/mol. The number of aryl methyl sites for hydroxylation is 1. The van der Waals surface area contributed by atoms with Gasteiger partial charge >= 0.3 is 0 Å². The third kappa shape index (κ3) is 5.12. The molecule has 3 rings (SSSR count). The quantitative estimate of drug-likeness (QED) is 0.751. The van der Waals surface area contributed by atoms with E-state index in [2.05, 4.69) is 26.7 Å². The van der Waals surface area contributed by atoms with E-state index in [4.69, 9.17) is 0 Å². The van der Waals surface area contributed by atoms with Crippen LogP contribution in [0.2, 0.25) is 0 Å². The molecule has 0 fully saturated rings. The number of halogens is 1. The zero-order valence-electron chi connectivity index (χ0n) is 14.9. The van der Waals surface area contributed by atoms with Crippen molar-refractivity contribution in [3.8, 4) is 0 Å². The van der Waals surface area contributed by atoms with Crippen LogP contribution < -0.4 is 10.6 Å². The van der Waals surface area contributed by atoms with Gasteiger partial charge in [-0.2, -0.15) is 0 Å². The molecule has 2 aromatic rings. The SMILES string of the molecule is Cc1cc(C(=O)Nc2ccc(F)cc2)nc(NCCC2=CCCCC2)n1. The number of nitrogens with one attached hydrogen (secondary N) is 2. The lowest BCUT2D eigenvalue weighted by Crippen LogP contribution is -2.16. The van der Waals surface area contributed by atoms with Gasteiger partial charge in [0, 0.05) is 17.9 Å². The molecule has 5 nitrogen and oxygen atoms in total. The van der Waals surface area contributed by atoms with Crippen LogP contribution in [-0.2, 0) is 0 Å². The molecular weight excluding hydrogens is 331 g/mol. The number of allylic oxidation sites excluding steroid dienone is 1. The van der Waals surface area contributed by atoms with Crippen molar-refractivity contribution in [1.82, 2.24) is 9.97 Å². The van der Waals surface area contributed by atoms with Crippen molar-refractivity contribution in [3.05, 3.63) is 59.2 Å². The topological polar surface area (TPSA) is 66.9 Å². The molecule has 1 aromatic carbocycles. The molecule has 1 aromatic heterocycles. The van der Waals surface area contributed by atoms with E-state index in [9.17, 15) is 9.18 Å². The summed E-state index contributed by atoms with van der Waals surface area (Å²) >= 11 is 0. The average Bonchev–Trinajstić information content (AvgIpc) is 2.64. The van der Waals surface area contributed by atoms with E-state index in [1.807, 2.05) is 6.92 Å². The van der Waals surface area contributed by atoms with Gasteiger partial charge in [-0.3, -0.25) is 4.79 Å². The lowest BCUT2D eigenvalue weighted by Gasteiger charge is -2.13. The predicted octanol–water partition coefficient (Wildman–Crippen LogP) is 4.48. The molecule has 0 saturated carbocycles. The third-order valence-corrected chi connectivity index (χ3v) is 4.30. The van der Waals surface area contributed by atoms with Crippen molar-refractivity contribution in [3.63, 3.8) is 0 Å². The van der Waals surface area contributed by atoms with Gasteiger partial charge in [0.2, 0.25) is 5.95 Å². The summed E-state index contributed by atoms with van der Waals surface area (Å²) in [5, 5.41) is 5.92. The van der Waals surface area contributed by atoms with Gasteiger partial charge < -0.3 is 10.6 Å². The number of aromatic nitrogens is 2. The Bertz CT molecular complexity index is 802. The number of amides is 1. The van der Waals surface area contributed by atoms with Gasteiger partial charge in [-0.05, 0) is 69.4 Å². The van der Waals surface area contributed by atoms with Crippen LogP contribution in [0.4, 0.5) is 16.0 Å². The maximum Gasteiger partial charge on any atom is 0.274 e. The Morgan fingerprint density at radius 1 is 1.19 bits per heavy atom. The molecule has 0 radical (unpaired) electrons. The highest BCUT2D eigenvalue weighted by atomic mass is 19.1. The van der Waals surface area contributed by atoms with Crippen LogP contribution in [0.3, 0.4) is 0 Å². The van der Waals surface area contributed by atoms with Crippen LogP contribution in [0.25, 0.3) is 0 Å². The summed E-state index contributed by atoms with van der Waals surface area (Å²) < 4.78 is 13.0. The molecule has 26 heavy (non-hydrogen) atoms. The molecule has 0 spiro atoms. The van der Waals surface area contributed by atoms with Crippen molar-refractivity contribution in [1.29, 1.82) is 0 Å². The number of carbonyl (C=O) groups excluding carboxylic acids is 1. The standard InChI is InChI=1S/C20H23FN4O/c1-14-13-18(19(26)24-17-9-7-16(21)8-10-17)25-20(23-14)22-12-11-15-5-3-2-4-6-15/h5,7-10,13H,2-4,6,11-12H2,1H3,(H,24,26)(H,22,23,25). The summed E-state index contributed by atoms with van der Waals surface area (Å²) in [6.45, 7) is 2.57. The number of hydrogen-bond donors (Lipinski definition) is 2. The van der Waals surface area contributed by atoms with E-state index in [1.54, 1.807) is 6.07 Å². The van der Waals surface area contributed by atoms with E-state index >= 15 is 0 Å². The van der Waals surface area contributed by atoms with Crippen LogP contribution >= 0.6 is 0 Å². The van der Waals surface area contributed by atoms with E-state index in [0.717, 1.165) is 13.0 Å². The van der Waals surface area contributed by atoms with Gasteiger partial charge in [0.1, 0.15) is 11.5 Å². The molecule has 0 bridgehead atoms. The second-order valence-electron chi connectivity index (χ2n) is 6.46. The zero-order chi connectivity index (χ0) is 18.4. The van der Waals surface area contributed by atoms with Crippen LogP contribution in [-0.4, -0.2) is 22.4 Å². The molecule has 6 heteroatoms. The Morgan fingerprint density at radius 2 is 2.00 bits per heavy atom. The van der Waals surface area contributed by atoms with Crippen LogP contribution in [0.1, 0.15) is 48.3 Å². The largest absolute Gasteiger partial charge is 0.354 e. The first kappa shape index (κ1) is 18.0. The Morgan fingerprint density at radius 3 is 2.73 bits per heavy atom. The van der Waals surface area contributed by atoms with E-state index < -0.39 is 0 Å². The summed E-state index contributed by atoms with van der Waals surface area (Å²) in [4.78, 5) is 21.0. The number of anilines is 2. The molecule has 1 amide bonds. The lowest BCUT2D eigenvalue weighted by atomic mass is 9.97. The van der Waals surface area contributed by atoms with Crippen molar-refractivity contribution in [2.24, 2.45) is 0 Å². The number of benzene rings is 1. The fraction of sp³-hybridized carbons (Fsp3) is 0.350. The molecule has 0 unspecified atom stereocenters. The zero-order valence-corrected chi connectivity index (χ0v) is 14.9. The number of nitrogens with zero attached hydrogens (tertiary/aromatic N) is 2. The molecule has 136 valence electrons. The summed E-state index contributed by atoms with van der Waals surface area (Å²) in [7, 11) is 0. The molecule has 0 atom stereocenters. The molecule has 1 heterocycles. The minimum atomic E-state index is -0.347. The highest BCUT2D eigenvalue weighted by Gasteiger charge is 2.11.